The van der Waals surface area contributed by atoms with E-state index < -0.39 is 22.7 Å². The van der Waals surface area contributed by atoms with Crippen molar-refractivity contribution in [3.05, 3.63) is 33.1 Å². The van der Waals surface area contributed by atoms with Gasteiger partial charge in [-0.1, -0.05) is 0 Å². The van der Waals surface area contributed by atoms with Crippen LogP contribution in [0.2, 0.25) is 0 Å². The molecule has 0 aliphatic carbocycles. The highest BCUT2D eigenvalue weighted by Gasteiger charge is 2.21. The van der Waals surface area contributed by atoms with Crippen LogP contribution in [0, 0.1) is 28.4 Å². The Balaban J connectivity index is 3.47. The Labute approximate surface area is 83.1 Å². The van der Waals surface area contributed by atoms with Gasteiger partial charge in [0.1, 0.15) is 11.8 Å². The van der Waals surface area contributed by atoms with E-state index in [4.69, 9.17) is 5.26 Å². The fourth-order valence-corrected chi connectivity index (χ4v) is 1.03. The number of nitro groups is 1. The van der Waals surface area contributed by atoms with Gasteiger partial charge in [0.05, 0.1) is 10.5 Å². The molecule has 0 aliphatic heterocycles. The van der Waals surface area contributed by atoms with Gasteiger partial charge in [0.25, 0.3) is 12.1 Å². The SMILES string of the molecule is Cc1c([N+](=O)[O-])cc(C(F)F)nc1C#N. The molecule has 1 aromatic rings. The molecule has 1 heterocycles. The molecule has 0 bridgehead atoms. The number of nitrogens with zero attached hydrogens (tertiary/aromatic N) is 3. The molecule has 0 atom stereocenters. The Morgan fingerprint density at radius 3 is 2.67 bits per heavy atom. The van der Waals surface area contributed by atoms with Crippen molar-refractivity contribution in [2.24, 2.45) is 0 Å². The third-order valence-corrected chi connectivity index (χ3v) is 1.79. The summed E-state index contributed by atoms with van der Waals surface area (Å²) < 4.78 is 24.5. The molecule has 0 fully saturated rings. The maximum Gasteiger partial charge on any atom is 0.280 e. The van der Waals surface area contributed by atoms with Crippen molar-refractivity contribution in [1.29, 1.82) is 5.26 Å². The summed E-state index contributed by atoms with van der Waals surface area (Å²) in [6.45, 7) is 1.29. The summed E-state index contributed by atoms with van der Waals surface area (Å²) >= 11 is 0. The Morgan fingerprint density at radius 2 is 2.27 bits per heavy atom. The van der Waals surface area contributed by atoms with E-state index in [9.17, 15) is 18.9 Å². The van der Waals surface area contributed by atoms with Gasteiger partial charge >= 0.3 is 0 Å². The lowest BCUT2D eigenvalue weighted by atomic mass is 10.1. The predicted octanol–water partition coefficient (Wildman–Crippen LogP) is 2.11. The van der Waals surface area contributed by atoms with E-state index in [1.807, 2.05) is 0 Å². The summed E-state index contributed by atoms with van der Waals surface area (Å²) in [5.41, 5.74) is -1.63. The Kier molecular flexibility index (Phi) is 2.90. The first-order valence-electron chi connectivity index (χ1n) is 3.81. The van der Waals surface area contributed by atoms with Gasteiger partial charge in [-0.15, -0.1) is 0 Å². The molecular formula is C8H5F2N3O2. The Morgan fingerprint density at radius 1 is 1.67 bits per heavy atom. The topological polar surface area (TPSA) is 79.8 Å². The average molecular weight is 213 g/mol. The number of rotatable bonds is 2. The molecule has 78 valence electrons. The first-order valence-corrected chi connectivity index (χ1v) is 3.81. The second-order valence-corrected chi connectivity index (χ2v) is 2.71. The largest absolute Gasteiger partial charge is 0.280 e. The van der Waals surface area contributed by atoms with Crippen LogP contribution >= 0.6 is 0 Å². The van der Waals surface area contributed by atoms with Gasteiger partial charge in [0.15, 0.2) is 5.69 Å². The van der Waals surface area contributed by atoms with Crippen molar-refractivity contribution >= 4 is 5.69 Å². The molecule has 7 heteroatoms. The first-order chi connectivity index (χ1) is 6.97. The van der Waals surface area contributed by atoms with E-state index >= 15 is 0 Å². The third-order valence-electron chi connectivity index (χ3n) is 1.79. The number of hydrogen-bond acceptors (Lipinski definition) is 4. The van der Waals surface area contributed by atoms with Crippen molar-refractivity contribution in [1.82, 2.24) is 4.98 Å². The second-order valence-electron chi connectivity index (χ2n) is 2.71. The molecule has 0 aliphatic rings. The summed E-state index contributed by atoms with van der Waals surface area (Å²) in [7, 11) is 0. The fourth-order valence-electron chi connectivity index (χ4n) is 1.03. The molecule has 5 nitrogen and oxygen atoms in total. The van der Waals surface area contributed by atoms with E-state index in [2.05, 4.69) is 4.98 Å². The van der Waals surface area contributed by atoms with Crippen LogP contribution in [-0.4, -0.2) is 9.91 Å². The zero-order valence-electron chi connectivity index (χ0n) is 7.57. The highest BCUT2D eigenvalue weighted by atomic mass is 19.3. The van der Waals surface area contributed by atoms with Gasteiger partial charge < -0.3 is 0 Å². The zero-order chi connectivity index (χ0) is 11.6. The number of aromatic nitrogens is 1. The third kappa shape index (κ3) is 2.04. The van der Waals surface area contributed by atoms with Gasteiger partial charge in [-0.3, -0.25) is 10.1 Å². The molecule has 0 saturated carbocycles. The highest BCUT2D eigenvalue weighted by molar-refractivity contribution is 5.47. The molecule has 1 aromatic heterocycles. The fraction of sp³-hybridized carbons (Fsp3) is 0.250. The molecule has 0 unspecified atom stereocenters. The van der Waals surface area contributed by atoms with Crippen molar-refractivity contribution in [2.45, 2.75) is 13.3 Å². The minimum atomic E-state index is -2.93. The lowest BCUT2D eigenvalue weighted by Crippen LogP contribution is -2.01. The van der Waals surface area contributed by atoms with Gasteiger partial charge in [-0.2, -0.15) is 5.26 Å². The minimum Gasteiger partial charge on any atom is -0.258 e. The van der Waals surface area contributed by atoms with Crippen molar-refractivity contribution < 1.29 is 13.7 Å². The monoisotopic (exact) mass is 213 g/mol. The summed E-state index contributed by atoms with van der Waals surface area (Å²) in [6, 6.07) is 2.22. The molecule has 15 heavy (non-hydrogen) atoms. The van der Waals surface area contributed by atoms with Gasteiger partial charge in [-0.25, -0.2) is 13.8 Å². The lowest BCUT2D eigenvalue weighted by molar-refractivity contribution is -0.385. The Hall–Kier alpha value is -2.10. The zero-order valence-corrected chi connectivity index (χ0v) is 7.57. The van der Waals surface area contributed by atoms with Crippen LogP contribution in [0.4, 0.5) is 14.5 Å². The summed E-state index contributed by atoms with van der Waals surface area (Å²) in [4.78, 5) is 13.0. The number of alkyl halides is 2. The average Bonchev–Trinajstić information content (AvgIpc) is 2.17. The minimum absolute atomic E-state index is 0.00750. The standard InChI is InChI=1S/C8H5F2N3O2/c1-4-6(3-11)12-5(8(9)10)2-7(4)13(14)15/h2,8H,1H3. The smallest absolute Gasteiger partial charge is 0.258 e. The number of halogens is 2. The summed E-state index contributed by atoms with van der Waals surface area (Å²) in [5.74, 6) is 0. The van der Waals surface area contributed by atoms with Crippen molar-refractivity contribution in [3.63, 3.8) is 0 Å². The molecule has 0 amide bonds. The lowest BCUT2D eigenvalue weighted by Gasteiger charge is -2.02. The summed E-state index contributed by atoms with van der Waals surface area (Å²) in [6.07, 6.45) is -2.93. The van der Waals surface area contributed by atoms with Crippen LogP contribution in [0.15, 0.2) is 6.07 Å². The highest BCUT2D eigenvalue weighted by Crippen LogP contribution is 2.26. The van der Waals surface area contributed by atoms with Crippen LogP contribution in [0.25, 0.3) is 0 Å². The molecule has 0 spiro atoms. The predicted molar refractivity (Wildman–Crippen MR) is 45.3 cm³/mol. The number of nitriles is 1. The summed E-state index contributed by atoms with van der Waals surface area (Å²) in [5, 5.41) is 19.0. The molecule has 1 rings (SSSR count). The maximum absolute atomic E-state index is 12.3. The normalized spacial score (nSPS) is 10.1. The van der Waals surface area contributed by atoms with E-state index in [-0.39, 0.29) is 11.3 Å². The van der Waals surface area contributed by atoms with Crippen LogP contribution < -0.4 is 0 Å². The molecule has 0 radical (unpaired) electrons. The molecule has 0 aromatic carbocycles. The van der Waals surface area contributed by atoms with E-state index in [0.717, 1.165) is 0 Å². The van der Waals surface area contributed by atoms with Gasteiger partial charge in [0, 0.05) is 6.07 Å². The Bertz CT molecular complexity index is 454. The second kappa shape index (κ2) is 3.96. The van der Waals surface area contributed by atoms with Crippen LogP contribution in [0.5, 0.6) is 0 Å². The van der Waals surface area contributed by atoms with E-state index in [0.29, 0.717) is 6.07 Å². The van der Waals surface area contributed by atoms with Crippen LogP contribution in [0.3, 0.4) is 0 Å². The van der Waals surface area contributed by atoms with Crippen molar-refractivity contribution in [2.75, 3.05) is 0 Å². The van der Waals surface area contributed by atoms with Crippen LogP contribution in [-0.2, 0) is 0 Å². The number of pyridine rings is 1. The first kappa shape index (κ1) is 11.0. The molecule has 0 saturated heterocycles. The molecular weight excluding hydrogens is 208 g/mol. The number of hydrogen-bond donors (Lipinski definition) is 0. The quantitative estimate of drug-likeness (QED) is 0.556. The van der Waals surface area contributed by atoms with Gasteiger partial charge in [-0.05, 0) is 6.92 Å². The van der Waals surface area contributed by atoms with Gasteiger partial charge in [0.2, 0.25) is 0 Å². The van der Waals surface area contributed by atoms with Crippen LogP contribution in [0.1, 0.15) is 23.4 Å². The molecule has 0 N–H and O–H groups in total. The van der Waals surface area contributed by atoms with E-state index in [1.165, 1.54) is 13.0 Å². The maximum atomic E-state index is 12.3. The van der Waals surface area contributed by atoms with E-state index in [1.54, 1.807) is 0 Å². The van der Waals surface area contributed by atoms with Crippen molar-refractivity contribution in [3.8, 4) is 6.07 Å².